The lowest BCUT2D eigenvalue weighted by atomic mass is 9.35. The van der Waals surface area contributed by atoms with E-state index < -0.39 is 58.5 Å². The second-order valence-corrected chi connectivity index (χ2v) is 9.97. The van der Waals surface area contributed by atoms with Gasteiger partial charge in [-0.1, -0.05) is 20.4 Å². The normalized spacial score (nSPS) is 59.9. The molecule has 2 heterocycles. The van der Waals surface area contributed by atoms with Gasteiger partial charge in [-0.3, -0.25) is 4.79 Å². The zero-order valence-corrected chi connectivity index (χ0v) is 15.3. The highest BCUT2D eigenvalue weighted by Crippen LogP contribution is 2.76. The summed E-state index contributed by atoms with van der Waals surface area (Å²) in [7, 11) is 0. The van der Waals surface area contributed by atoms with Gasteiger partial charge in [-0.15, -0.1) is 0 Å². The number of rotatable bonds is 0. The lowest BCUT2D eigenvalue weighted by molar-refractivity contribution is -0.458. The number of carbonyl (C=O) groups is 1. The molecule has 6 aliphatic rings. The zero-order chi connectivity index (χ0) is 18.9. The Bertz CT molecular complexity index is 717. The van der Waals surface area contributed by atoms with Gasteiger partial charge >= 0.3 is 0 Å². The fraction of sp³-hybridized carbons (Fsp3) is 0.850. The predicted molar refractivity (Wildman–Crippen MR) is 90.7 cm³/mol. The van der Waals surface area contributed by atoms with Gasteiger partial charge in [-0.2, -0.15) is 0 Å². The third-order valence-electron chi connectivity index (χ3n) is 8.88. The van der Waals surface area contributed by atoms with E-state index in [9.17, 15) is 25.2 Å². The topological polar surface area (TPSA) is 107 Å². The van der Waals surface area contributed by atoms with Crippen molar-refractivity contribution < 1.29 is 30.0 Å². The smallest absolute Gasteiger partial charge is 0.208 e. The lowest BCUT2D eigenvalue weighted by Crippen LogP contribution is -2.85. The first-order valence-corrected chi connectivity index (χ1v) is 9.71. The molecule has 0 unspecified atom stereocenters. The molecule has 4 bridgehead atoms. The van der Waals surface area contributed by atoms with E-state index in [1.807, 2.05) is 13.8 Å². The van der Waals surface area contributed by atoms with Gasteiger partial charge in [-0.05, 0) is 42.6 Å². The Kier molecular flexibility index (Phi) is 3.07. The van der Waals surface area contributed by atoms with Crippen LogP contribution < -0.4 is 0 Å². The van der Waals surface area contributed by atoms with Gasteiger partial charge in [-0.25, -0.2) is 0 Å². The summed E-state index contributed by atoms with van der Waals surface area (Å²) >= 11 is 0. The summed E-state index contributed by atoms with van der Waals surface area (Å²) in [6.45, 7) is 8.07. The van der Waals surface area contributed by atoms with E-state index in [0.29, 0.717) is 24.8 Å². The molecule has 0 amide bonds. The minimum absolute atomic E-state index is 0.0966. The molecule has 9 atom stereocenters. The highest BCUT2D eigenvalue weighted by atomic mass is 16.6. The van der Waals surface area contributed by atoms with Gasteiger partial charge in [0, 0.05) is 17.3 Å². The minimum atomic E-state index is -2.15. The Morgan fingerprint density at radius 2 is 1.81 bits per heavy atom. The van der Waals surface area contributed by atoms with Crippen molar-refractivity contribution in [2.24, 2.45) is 34.0 Å². The second-order valence-electron chi connectivity index (χ2n) is 9.97. The fourth-order valence-corrected chi connectivity index (χ4v) is 7.90. The monoisotopic (exact) mass is 364 g/mol. The number of aliphatic hydroxyl groups excluding tert-OH is 3. The SMILES string of the molecule is C=C1C(=O)[C@]23[C@@H](O)[C@@H]1CC[C@H]2[C@@]12CO[C@@]3(O)[C@@H](O)[C@@H]1C(C)(C)CC[C@@H]2O. The third-order valence-corrected chi connectivity index (χ3v) is 8.88. The summed E-state index contributed by atoms with van der Waals surface area (Å²) in [6, 6.07) is 0. The highest BCUT2D eigenvalue weighted by Gasteiger charge is 2.86. The molecule has 0 aromatic rings. The lowest BCUT2D eigenvalue weighted by Gasteiger charge is -2.74. The van der Waals surface area contributed by atoms with Crippen LogP contribution in [0.3, 0.4) is 0 Å². The fourth-order valence-electron chi connectivity index (χ4n) is 7.90. The number of ether oxygens (including phenoxy) is 1. The van der Waals surface area contributed by atoms with Crippen LogP contribution in [0.15, 0.2) is 12.2 Å². The van der Waals surface area contributed by atoms with Crippen LogP contribution in [0.5, 0.6) is 0 Å². The van der Waals surface area contributed by atoms with Gasteiger partial charge in [0.25, 0.3) is 0 Å². The van der Waals surface area contributed by atoms with Crippen LogP contribution in [-0.4, -0.2) is 56.9 Å². The van der Waals surface area contributed by atoms with Crippen LogP contribution in [0.25, 0.3) is 0 Å². The maximum Gasteiger partial charge on any atom is 0.208 e. The Labute approximate surface area is 152 Å². The average Bonchev–Trinajstić information content (AvgIpc) is 2.69. The zero-order valence-electron chi connectivity index (χ0n) is 15.3. The molecular formula is C20H28O6. The van der Waals surface area contributed by atoms with Crippen LogP contribution in [0, 0.1) is 34.0 Å². The molecule has 4 N–H and O–H groups in total. The third kappa shape index (κ3) is 1.41. The first kappa shape index (κ1) is 17.3. The van der Waals surface area contributed by atoms with Crippen molar-refractivity contribution in [2.45, 2.75) is 63.6 Å². The van der Waals surface area contributed by atoms with Gasteiger partial charge < -0.3 is 25.2 Å². The Hall–Kier alpha value is -0.790. The van der Waals surface area contributed by atoms with Crippen LogP contribution in [0.4, 0.5) is 0 Å². The molecule has 6 nitrogen and oxygen atoms in total. The van der Waals surface area contributed by atoms with Crippen molar-refractivity contribution in [2.75, 3.05) is 6.61 Å². The standard InChI is InChI=1S/C20H28O6/c1-9-10-4-5-11-18-8-26-20(25,19(11,14(9)22)15(10)23)16(24)13(18)17(2,3)7-6-12(18)21/h10-13,15-16,21,23-25H,1,4-8H2,2-3H3/t10-,11+,12+,13-,15+,16+,18-,19+,20+/m1/s1. The summed E-state index contributed by atoms with van der Waals surface area (Å²) in [5, 5.41) is 45.1. The van der Waals surface area contributed by atoms with Gasteiger partial charge in [0.15, 0.2) is 5.78 Å². The largest absolute Gasteiger partial charge is 0.392 e. The maximum absolute atomic E-state index is 13.3. The van der Waals surface area contributed by atoms with E-state index in [1.165, 1.54) is 0 Å². The number of fused-ring (bicyclic) bond motifs is 2. The number of ketones is 1. The summed E-state index contributed by atoms with van der Waals surface area (Å²) in [6.07, 6.45) is -0.747. The summed E-state index contributed by atoms with van der Waals surface area (Å²) in [4.78, 5) is 13.3. The molecule has 2 spiro atoms. The number of hydrogen-bond donors (Lipinski definition) is 4. The molecule has 144 valence electrons. The molecule has 0 aromatic carbocycles. The Balaban J connectivity index is 1.81. The molecule has 0 aromatic heterocycles. The quantitative estimate of drug-likeness (QED) is 0.463. The van der Waals surface area contributed by atoms with Crippen LogP contribution in [0.2, 0.25) is 0 Å². The summed E-state index contributed by atoms with van der Waals surface area (Å²) in [5.74, 6) is -3.80. The van der Waals surface area contributed by atoms with E-state index >= 15 is 0 Å². The van der Waals surface area contributed by atoms with Crippen molar-refractivity contribution in [3.05, 3.63) is 12.2 Å². The molecule has 0 radical (unpaired) electrons. The van der Waals surface area contributed by atoms with Crippen molar-refractivity contribution in [3.63, 3.8) is 0 Å². The van der Waals surface area contributed by atoms with Crippen molar-refractivity contribution in [3.8, 4) is 0 Å². The van der Waals surface area contributed by atoms with Gasteiger partial charge in [0.1, 0.15) is 11.5 Å². The number of aliphatic hydroxyl groups is 4. The molecule has 2 saturated heterocycles. The van der Waals surface area contributed by atoms with Crippen molar-refractivity contribution in [1.29, 1.82) is 0 Å². The first-order chi connectivity index (χ1) is 12.1. The minimum Gasteiger partial charge on any atom is -0.392 e. The van der Waals surface area contributed by atoms with Crippen LogP contribution in [0.1, 0.15) is 39.5 Å². The predicted octanol–water partition coefficient (Wildman–Crippen LogP) is 0.376. The Morgan fingerprint density at radius 1 is 1.12 bits per heavy atom. The molecule has 6 fully saturated rings. The summed E-state index contributed by atoms with van der Waals surface area (Å²) < 4.78 is 5.80. The molecule has 6 heteroatoms. The molecule has 26 heavy (non-hydrogen) atoms. The number of hydrogen-bond acceptors (Lipinski definition) is 6. The van der Waals surface area contributed by atoms with E-state index in [0.717, 1.165) is 6.42 Å². The summed E-state index contributed by atoms with van der Waals surface area (Å²) in [5.41, 5.74) is -2.49. The van der Waals surface area contributed by atoms with Gasteiger partial charge in [0.2, 0.25) is 5.79 Å². The molecule has 6 rings (SSSR count). The highest BCUT2D eigenvalue weighted by molar-refractivity contribution is 6.05. The van der Waals surface area contributed by atoms with E-state index in [1.54, 1.807) is 0 Å². The molecule has 4 saturated carbocycles. The number of Topliss-reactive ketones (excluding diaryl/α,β-unsaturated/α-hetero) is 1. The van der Waals surface area contributed by atoms with Crippen molar-refractivity contribution in [1.82, 2.24) is 0 Å². The van der Waals surface area contributed by atoms with Crippen LogP contribution in [-0.2, 0) is 9.53 Å². The Morgan fingerprint density at radius 3 is 2.50 bits per heavy atom. The first-order valence-electron chi connectivity index (χ1n) is 9.71. The van der Waals surface area contributed by atoms with Gasteiger partial charge in [0.05, 0.1) is 18.8 Å². The second kappa shape index (κ2) is 4.61. The van der Waals surface area contributed by atoms with E-state index in [4.69, 9.17) is 4.74 Å². The van der Waals surface area contributed by atoms with Crippen LogP contribution >= 0.6 is 0 Å². The average molecular weight is 364 g/mol. The molecular weight excluding hydrogens is 336 g/mol. The molecule has 4 aliphatic carbocycles. The van der Waals surface area contributed by atoms with E-state index in [2.05, 4.69) is 6.58 Å². The van der Waals surface area contributed by atoms with E-state index in [-0.39, 0.29) is 12.0 Å². The number of carbonyl (C=O) groups excluding carboxylic acids is 1. The maximum atomic E-state index is 13.3. The molecule has 2 aliphatic heterocycles. The van der Waals surface area contributed by atoms with Crippen molar-refractivity contribution >= 4 is 5.78 Å².